The van der Waals surface area contributed by atoms with Crippen molar-refractivity contribution in [3.8, 4) is 10.8 Å². The SMILES string of the molecule is CNCC1CCN(C(=O)c2cnc(-c3ccco3)s2)CC1.Cl.Cl. The zero-order valence-corrected chi connectivity index (χ0v) is 15.3. The number of piperidine rings is 1. The zero-order chi connectivity index (χ0) is 14.7. The number of thiazole rings is 1. The van der Waals surface area contributed by atoms with E-state index >= 15 is 0 Å². The third-order valence-electron chi connectivity index (χ3n) is 3.84. The number of hydrogen-bond donors (Lipinski definition) is 1. The minimum atomic E-state index is 0. The monoisotopic (exact) mass is 377 g/mol. The van der Waals surface area contributed by atoms with Crippen LogP contribution < -0.4 is 5.32 Å². The molecule has 1 aliphatic rings. The number of hydrogen-bond acceptors (Lipinski definition) is 5. The van der Waals surface area contributed by atoms with E-state index in [0.717, 1.165) is 37.5 Å². The van der Waals surface area contributed by atoms with Crippen LogP contribution in [0.2, 0.25) is 0 Å². The largest absolute Gasteiger partial charge is 0.462 e. The minimum absolute atomic E-state index is 0. The van der Waals surface area contributed by atoms with Crippen LogP contribution >= 0.6 is 36.2 Å². The van der Waals surface area contributed by atoms with Crippen LogP contribution in [0.25, 0.3) is 10.8 Å². The van der Waals surface area contributed by atoms with Crippen molar-refractivity contribution < 1.29 is 9.21 Å². The normalized spacial score (nSPS) is 14.9. The van der Waals surface area contributed by atoms with E-state index < -0.39 is 0 Å². The summed E-state index contributed by atoms with van der Waals surface area (Å²) in [6.45, 7) is 2.70. The van der Waals surface area contributed by atoms with Gasteiger partial charge in [0, 0.05) is 13.1 Å². The Morgan fingerprint density at radius 3 is 2.78 bits per heavy atom. The lowest BCUT2D eigenvalue weighted by Crippen LogP contribution is -2.40. The van der Waals surface area contributed by atoms with Crippen molar-refractivity contribution in [1.29, 1.82) is 0 Å². The van der Waals surface area contributed by atoms with Crippen molar-refractivity contribution in [1.82, 2.24) is 15.2 Å². The fraction of sp³-hybridized carbons (Fsp3) is 0.467. The van der Waals surface area contributed by atoms with Gasteiger partial charge in [0.15, 0.2) is 10.8 Å². The van der Waals surface area contributed by atoms with E-state index in [1.165, 1.54) is 11.3 Å². The highest BCUT2D eigenvalue weighted by Crippen LogP contribution is 2.27. The topological polar surface area (TPSA) is 58.4 Å². The van der Waals surface area contributed by atoms with Gasteiger partial charge < -0.3 is 14.6 Å². The summed E-state index contributed by atoms with van der Waals surface area (Å²) in [6, 6.07) is 3.68. The number of halogens is 2. The number of likely N-dealkylation sites (tertiary alicyclic amines) is 1. The van der Waals surface area contributed by atoms with Crippen LogP contribution in [0.15, 0.2) is 29.0 Å². The van der Waals surface area contributed by atoms with Gasteiger partial charge in [-0.3, -0.25) is 4.79 Å². The number of carbonyl (C=O) groups excluding carboxylic acids is 1. The molecule has 1 saturated heterocycles. The van der Waals surface area contributed by atoms with Crippen molar-refractivity contribution in [3.05, 3.63) is 29.5 Å². The summed E-state index contributed by atoms with van der Waals surface area (Å²) in [5.41, 5.74) is 0. The van der Waals surface area contributed by atoms with Crippen molar-refractivity contribution in [2.24, 2.45) is 5.92 Å². The predicted octanol–water partition coefficient (Wildman–Crippen LogP) is 3.32. The lowest BCUT2D eigenvalue weighted by molar-refractivity contribution is 0.0695. The highest BCUT2D eigenvalue weighted by Gasteiger charge is 2.24. The summed E-state index contributed by atoms with van der Waals surface area (Å²) in [5, 5.41) is 3.97. The number of aromatic nitrogens is 1. The molecule has 2 aromatic rings. The molecule has 0 aromatic carbocycles. The molecule has 0 bridgehead atoms. The number of furan rings is 1. The Hall–Kier alpha value is -1.08. The molecule has 5 nitrogen and oxygen atoms in total. The number of nitrogens with one attached hydrogen (secondary N) is 1. The first-order valence-corrected chi connectivity index (χ1v) is 8.03. The molecular weight excluding hydrogens is 357 g/mol. The maximum atomic E-state index is 12.5. The third-order valence-corrected chi connectivity index (χ3v) is 4.84. The summed E-state index contributed by atoms with van der Waals surface area (Å²) in [6.07, 6.45) is 5.40. The van der Waals surface area contributed by atoms with Crippen LogP contribution in [0.1, 0.15) is 22.5 Å². The number of amides is 1. The van der Waals surface area contributed by atoms with Crippen LogP contribution in [0, 0.1) is 5.92 Å². The number of carbonyl (C=O) groups is 1. The summed E-state index contributed by atoms with van der Waals surface area (Å²) in [4.78, 5) is 19.4. The molecule has 1 fully saturated rings. The second-order valence-electron chi connectivity index (χ2n) is 5.30. The molecule has 23 heavy (non-hydrogen) atoms. The first-order valence-electron chi connectivity index (χ1n) is 7.21. The smallest absolute Gasteiger partial charge is 0.265 e. The van der Waals surface area contributed by atoms with Crippen LogP contribution in [0.3, 0.4) is 0 Å². The van der Waals surface area contributed by atoms with Gasteiger partial charge in [0.25, 0.3) is 5.91 Å². The molecule has 3 heterocycles. The van der Waals surface area contributed by atoms with Gasteiger partial charge in [-0.15, -0.1) is 36.2 Å². The lowest BCUT2D eigenvalue weighted by Gasteiger charge is -2.31. The molecule has 0 atom stereocenters. The van der Waals surface area contributed by atoms with Gasteiger partial charge in [-0.2, -0.15) is 0 Å². The molecule has 1 N–H and O–H groups in total. The van der Waals surface area contributed by atoms with Crippen LogP contribution in [-0.4, -0.2) is 42.5 Å². The van der Waals surface area contributed by atoms with E-state index in [-0.39, 0.29) is 30.7 Å². The average Bonchev–Trinajstić information content (AvgIpc) is 3.19. The molecule has 2 aromatic heterocycles. The molecule has 1 amide bonds. The second kappa shape index (κ2) is 9.27. The van der Waals surface area contributed by atoms with E-state index in [0.29, 0.717) is 16.6 Å². The standard InChI is InChI=1S/C15H19N3O2S.2ClH/c1-16-9-11-4-6-18(7-5-11)15(19)13-10-17-14(21-13)12-3-2-8-20-12;;/h2-3,8,10-11,16H,4-7,9H2,1H3;2*1H. The molecule has 1 aliphatic heterocycles. The maximum absolute atomic E-state index is 12.5. The van der Waals surface area contributed by atoms with Gasteiger partial charge in [0.05, 0.1) is 12.5 Å². The predicted molar refractivity (Wildman–Crippen MR) is 96.9 cm³/mol. The number of nitrogens with zero attached hydrogens (tertiary/aromatic N) is 2. The zero-order valence-electron chi connectivity index (χ0n) is 12.9. The first kappa shape index (κ1) is 20.0. The second-order valence-corrected chi connectivity index (χ2v) is 6.33. The van der Waals surface area contributed by atoms with E-state index in [1.807, 2.05) is 24.1 Å². The van der Waals surface area contributed by atoms with Gasteiger partial charge in [-0.1, -0.05) is 0 Å². The molecule has 0 radical (unpaired) electrons. The van der Waals surface area contributed by atoms with Gasteiger partial charge in [-0.25, -0.2) is 4.98 Å². The Kier molecular flexibility index (Phi) is 8.05. The summed E-state index contributed by atoms with van der Waals surface area (Å²) in [5.74, 6) is 1.49. The molecule has 8 heteroatoms. The van der Waals surface area contributed by atoms with Crippen LogP contribution in [0.5, 0.6) is 0 Å². The molecule has 3 rings (SSSR count). The van der Waals surface area contributed by atoms with Crippen molar-refractivity contribution >= 4 is 42.1 Å². The highest BCUT2D eigenvalue weighted by atomic mass is 35.5. The Bertz CT molecular complexity index is 596. The molecule has 0 aliphatic carbocycles. The molecule has 0 saturated carbocycles. The van der Waals surface area contributed by atoms with Crippen molar-refractivity contribution in [2.45, 2.75) is 12.8 Å². The quantitative estimate of drug-likeness (QED) is 0.887. The van der Waals surface area contributed by atoms with E-state index in [1.54, 1.807) is 12.5 Å². The summed E-state index contributed by atoms with van der Waals surface area (Å²) >= 11 is 1.40. The fourth-order valence-corrected chi connectivity index (χ4v) is 3.52. The Balaban J connectivity index is 0.00000132. The molecule has 0 spiro atoms. The fourth-order valence-electron chi connectivity index (χ4n) is 2.67. The molecule has 0 unspecified atom stereocenters. The first-order chi connectivity index (χ1) is 10.3. The van der Waals surface area contributed by atoms with Crippen molar-refractivity contribution in [2.75, 3.05) is 26.7 Å². The van der Waals surface area contributed by atoms with E-state index in [9.17, 15) is 4.79 Å². The summed E-state index contributed by atoms with van der Waals surface area (Å²) < 4.78 is 5.32. The highest BCUT2D eigenvalue weighted by molar-refractivity contribution is 7.16. The third kappa shape index (κ3) is 4.70. The van der Waals surface area contributed by atoms with Gasteiger partial charge in [0.2, 0.25) is 0 Å². The average molecular weight is 378 g/mol. The van der Waals surface area contributed by atoms with Gasteiger partial charge >= 0.3 is 0 Å². The van der Waals surface area contributed by atoms with Gasteiger partial charge in [0.1, 0.15) is 4.88 Å². The lowest BCUT2D eigenvalue weighted by atomic mass is 9.97. The van der Waals surface area contributed by atoms with Crippen LogP contribution in [0.4, 0.5) is 0 Å². The van der Waals surface area contributed by atoms with Crippen LogP contribution in [-0.2, 0) is 0 Å². The Morgan fingerprint density at radius 1 is 1.43 bits per heavy atom. The van der Waals surface area contributed by atoms with E-state index in [4.69, 9.17) is 4.42 Å². The van der Waals surface area contributed by atoms with Gasteiger partial charge in [-0.05, 0) is 44.5 Å². The Morgan fingerprint density at radius 2 is 2.17 bits per heavy atom. The Labute approximate surface area is 152 Å². The van der Waals surface area contributed by atoms with Crippen molar-refractivity contribution in [3.63, 3.8) is 0 Å². The summed E-state index contributed by atoms with van der Waals surface area (Å²) in [7, 11) is 1.98. The minimum Gasteiger partial charge on any atom is -0.462 e. The molecule has 128 valence electrons. The molecular formula is C15H21Cl2N3O2S. The maximum Gasteiger partial charge on any atom is 0.265 e. The number of rotatable bonds is 4. The van der Waals surface area contributed by atoms with E-state index in [2.05, 4.69) is 10.3 Å².